The molecule has 0 aliphatic carbocycles. The minimum absolute atomic E-state index is 0.211. The van der Waals surface area contributed by atoms with E-state index in [1.165, 1.54) is 23.9 Å². The SMILES string of the molecule is CC(N=C1NC(=O)[C@@](C)(C(C)(C)O)S1)c1ccc(F)cc1. The number of amidine groups is 1. The molecule has 114 valence electrons. The van der Waals surface area contributed by atoms with Gasteiger partial charge in [0.15, 0.2) is 5.17 Å². The first-order chi connectivity index (χ1) is 9.63. The van der Waals surface area contributed by atoms with E-state index in [-0.39, 0.29) is 17.8 Å². The van der Waals surface area contributed by atoms with Crippen LogP contribution in [-0.2, 0) is 4.79 Å². The van der Waals surface area contributed by atoms with Crippen molar-refractivity contribution in [2.45, 2.75) is 44.1 Å². The molecule has 0 spiro atoms. The second-order valence-corrected chi connectivity index (χ2v) is 7.22. The quantitative estimate of drug-likeness (QED) is 0.902. The predicted octanol–water partition coefficient (Wildman–Crippen LogP) is 2.64. The zero-order valence-electron chi connectivity index (χ0n) is 12.5. The van der Waals surface area contributed by atoms with E-state index in [0.717, 1.165) is 5.56 Å². The molecule has 0 saturated carbocycles. The Kier molecular flexibility index (Phi) is 4.13. The summed E-state index contributed by atoms with van der Waals surface area (Å²) in [6, 6.07) is 5.89. The monoisotopic (exact) mass is 310 g/mol. The fraction of sp³-hybridized carbons (Fsp3) is 0.467. The fourth-order valence-electron chi connectivity index (χ4n) is 1.93. The van der Waals surface area contributed by atoms with E-state index in [4.69, 9.17) is 0 Å². The van der Waals surface area contributed by atoms with Crippen molar-refractivity contribution in [2.75, 3.05) is 0 Å². The van der Waals surface area contributed by atoms with Crippen molar-refractivity contribution >= 4 is 22.8 Å². The highest BCUT2D eigenvalue weighted by atomic mass is 32.2. The fourth-order valence-corrected chi connectivity index (χ4v) is 3.07. The second-order valence-electron chi connectivity index (χ2n) is 5.81. The largest absolute Gasteiger partial charge is 0.388 e. The van der Waals surface area contributed by atoms with E-state index in [1.54, 1.807) is 32.9 Å². The van der Waals surface area contributed by atoms with Crippen LogP contribution in [0, 0.1) is 5.82 Å². The minimum Gasteiger partial charge on any atom is -0.388 e. The highest BCUT2D eigenvalue weighted by molar-refractivity contribution is 8.16. The summed E-state index contributed by atoms with van der Waals surface area (Å²) < 4.78 is 11.9. The average Bonchev–Trinajstić information content (AvgIpc) is 2.66. The number of carbonyl (C=O) groups is 1. The molecule has 1 aromatic carbocycles. The van der Waals surface area contributed by atoms with Gasteiger partial charge in [-0.15, -0.1) is 0 Å². The van der Waals surface area contributed by atoms with Gasteiger partial charge in [-0.2, -0.15) is 0 Å². The maximum absolute atomic E-state index is 12.9. The lowest BCUT2D eigenvalue weighted by molar-refractivity contribution is -0.126. The molecule has 1 heterocycles. The normalized spacial score (nSPS) is 26.0. The van der Waals surface area contributed by atoms with Crippen molar-refractivity contribution in [1.29, 1.82) is 0 Å². The van der Waals surface area contributed by atoms with Gasteiger partial charge in [-0.25, -0.2) is 4.39 Å². The molecule has 2 atom stereocenters. The molecule has 0 bridgehead atoms. The van der Waals surface area contributed by atoms with Crippen LogP contribution in [0.1, 0.15) is 39.3 Å². The van der Waals surface area contributed by atoms with Gasteiger partial charge in [-0.1, -0.05) is 23.9 Å². The van der Waals surface area contributed by atoms with Crippen LogP contribution in [0.2, 0.25) is 0 Å². The van der Waals surface area contributed by atoms with Crippen LogP contribution in [0.3, 0.4) is 0 Å². The van der Waals surface area contributed by atoms with Crippen LogP contribution in [-0.4, -0.2) is 26.5 Å². The number of aliphatic imine (C=N–C) groups is 1. The standard InChI is InChI=1S/C15H19FN2O2S/c1-9(10-5-7-11(16)8-6-10)17-13-18-12(19)15(4,21-13)14(2,3)20/h5-9,20H,1-4H3,(H,17,18,19)/t9?,15-/m0/s1. The first-order valence-corrected chi connectivity index (χ1v) is 7.51. The van der Waals surface area contributed by atoms with Gasteiger partial charge in [0, 0.05) is 0 Å². The molecule has 1 aliphatic rings. The molecule has 1 unspecified atom stereocenters. The third-order valence-electron chi connectivity index (χ3n) is 3.79. The van der Waals surface area contributed by atoms with E-state index in [1.807, 2.05) is 6.92 Å². The van der Waals surface area contributed by atoms with Crippen LogP contribution >= 0.6 is 11.8 Å². The van der Waals surface area contributed by atoms with Gasteiger partial charge in [-0.05, 0) is 45.4 Å². The van der Waals surface area contributed by atoms with Crippen LogP contribution in [0.4, 0.5) is 4.39 Å². The zero-order chi connectivity index (χ0) is 15.8. The Balaban J connectivity index is 2.20. The summed E-state index contributed by atoms with van der Waals surface area (Å²) in [5, 5.41) is 13.3. The van der Waals surface area contributed by atoms with Gasteiger partial charge in [0.25, 0.3) is 0 Å². The zero-order valence-corrected chi connectivity index (χ0v) is 13.3. The van der Waals surface area contributed by atoms with E-state index < -0.39 is 10.3 Å². The van der Waals surface area contributed by atoms with Gasteiger partial charge in [0.05, 0.1) is 11.6 Å². The first kappa shape index (κ1) is 16.0. The van der Waals surface area contributed by atoms with Gasteiger partial charge in [0.2, 0.25) is 5.91 Å². The molecular formula is C15H19FN2O2S. The maximum Gasteiger partial charge on any atom is 0.245 e. The average molecular weight is 310 g/mol. The molecule has 2 N–H and O–H groups in total. The molecule has 1 aliphatic heterocycles. The van der Waals surface area contributed by atoms with Crippen molar-refractivity contribution in [1.82, 2.24) is 5.32 Å². The van der Waals surface area contributed by atoms with Crippen molar-refractivity contribution in [3.63, 3.8) is 0 Å². The summed E-state index contributed by atoms with van der Waals surface area (Å²) in [6.45, 7) is 6.77. The van der Waals surface area contributed by atoms with Crippen LogP contribution < -0.4 is 5.32 Å². The summed E-state index contributed by atoms with van der Waals surface area (Å²) in [4.78, 5) is 16.5. The molecule has 4 nitrogen and oxygen atoms in total. The molecule has 0 aromatic heterocycles. The van der Waals surface area contributed by atoms with Crippen molar-refractivity contribution in [3.8, 4) is 0 Å². The minimum atomic E-state index is -1.17. The molecule has 1 aromatic rings. The third-order valence-corrected chi connectivity index (χ3v) is 5.28. The summed E-state index contributed by atoms with van der Waals surface area (Å²) in [5.74, 6) is -0.554. The predicted molar refractivity (Wildman–Crippen MR) is 82.7 cm³/mol. The Morgan fingerprint density at radius 3 is 2.43 bits per heavy atom. The Morgan fingerprint density at radius 1 is 1.38 bits per heavy atom. The third kappa shape index (κ3) is 3.11. The molecule has 0 radical (unpaired) electrons. The van der Waals surface area contributed by atoms with Crippen LogP contribution in [0.15, 0.2) is 29.3 Å². The number of benzene rings is 1. The second kappa shape index (κ2) is 5.42. The van der Waals surface area contributed by atoms with Crippen LogP contribution in [0.25, 0.3) is 0 Å². The molecule has 1 saturated heterocycles. The number of hydrogen-bond donors (Lipinski definition) is 2. The number of thioether (sulfide) groups is 1. The number of halogens is 1. The van der Waals surface area contributed by atoms with E-state index >= 15 is 0 Å². The Bertz CT molecular complexity index is 580. The number of carbonyl (C=O) groups excluding carboxylic acids is 1. The molecule has 2 rings (SSSR count). The number of nitrogens with zero attached hydrogens (tertiary/aromatic N) is 1. The van der Waals surface area contributed by atoms with Crippen molar-refractivity contribution < 1.29 is 14.3 Å². The number of aliphatic hydroxyl groups is 1. The summed E-state index contributed by atoms with van der Waals surface area (Å²) in [6.07, 6.45) is 0. The highest BCUT2D eigenvalue weighted by Gasteiger charge is 2.52. The lowest BCUT2D eigenvalue weighted by Crippen LogP contribution is -2.50. The topological polar surface area (TPSA) is 61.7 Å². The van der Waals surface area contributed by atoms with Gasteiger partial charge in [-0.3, -0.25) is 9.79 Å². The van der Waals surface area contributed by atoms with E-state index in [2.05, 4.69) is 10.3 Å². The van der Waals surface area contributed by atoms with E-state index in [0.29, 0.717) is 5.17 Å². The Labute approximate surface area is 127 Å². The summed E-state index contributed by atoms with van der Waals surface area (Å²) in [5.41, 5.74) is -0.311. The molecule has 21 heavy (non-hydrogen) atoms. The summed E-state index contributed by atoms with van der Waals surface area (Å²) in [7, 11) is 0. The molecule has 6 heteroatoms. The first-order valence-electron chi connectivity index (χ1n) is 6.69. The highest BCUT2D eigenvalue weighted by Crippen LogP contribution is 2.41. The van der Waals surface area contributed by atoms with Crippen molar-refractivity contribution in [3.05, 3.63) is 35.6 Å². The number of hydrogen-bond acceptors (Lipinski definition) is 4. The summed E-state index contributed by atoms with van der Waals surface area (Å²) >= 11 is 1.22. The lowest BCUT2D eigenvalue weighted by Gasteiger charge is -2.32. The lowest BCUT2D eigenvalue weighted by atomic mass is 9.91. The number of nitrogens with one attached hydrogen (secondary N) is 1. The number of amides is 1. The van der Waals surface area contributed by atoms with Gasteiger partial charge < -0.3 is 10.4 Å². The smallest absolute Gasteiger partial charge is 0.245 e. The number of rotatable bonds is 3. The van der Waals surface area contributed by atoms with Gasteiger partial charge >= 0.3 is 0 Å². The van der Waals surface area contributed by atoms with E-state index in [9.17, 15) is 14.3 Å². The Morgan fingerprint density at radius 2 is 1.95 bits per heavy atom. The van der Waals surface area contributed by atoms with Gasteiger partial charge in [0.1, 0.15) is 10.6 Å². The molecule has 1 amide bonds. The maximum atomic E-state index is 12.9. The molecular weight excluding hydrogens is 291 g/mol. The van der Waals surface area contributed by atoms with Crippen LogP contribution in [0.5, 0.6) is 0 Å². The Hall–Kier alpha value is -1.40. The van der Waals surface area contributed by atoms with Crippen molar-refractivity contribution in [2.24, 2.45) is 4.99 Å². The molecule has 1 fully saturated rings.